The molecule has 1 aromatic heterocycles. The maximum Gasteiger partial charge on any atom is 0.216 e. The molecule has 0 spiro atoms. The van der Waals surface area contributed by atoms with Gasteiger partial charge in [-0.15, -0.1) is 0 Å². The Bertz CT molecular complexity index is 332. The Balaban J connectivity index is 1.83. The van der Waals surface area contributed by atoms with Gasteiger partial charge in [-0.05, 0) is 19.8 Å². The molecule has 0 bridgehead atoms. The number of nitrogens with one attached hydrogen (secondary N) is 1. The van der Waals surface area contributed by atoms with E-state index in [1.165, 1.54) is 6.33 Å². The molecule has 2 rings (SSSR count). The van der Waals surface area contributed by atoms with Crippen LogP contribution in [0.15, 0.2) is 12.4 Å². The molecule has 0 saturated carbocycles. The Hall–Kier alpha value is -1.20. The van der Waals surface area contributed by atoms with Gasteiger partial charge in [-0.25, -0.2) is 9.97 Å². The van der Waals surface area contributed by atoms with Gasteiger partial charge >= 0.3 is 0 Å². The number of aliphatic hydroxyl groups excluding tert-OH is 1. The molecule has 1 aliphatic heterocycles. The highest BCUT2D eigenvalue weighted by Crippen LogP contribution is 2.12. The van der Waals surface area contributed by atoms with E-state index in [2.05, 4.69) is 15.3 Å². The first-order valence-electron chi connectivity index (χ1n) is 5.09. The summed E-state index contributed by atoms with van der Waals surface area (Å²) in [5.74, 6) is 0.589. The van der Waals surface area contributed by atoms with Crippen molar-refractivity contribution in [3.63, 3.8) is 0 Å². The molecule has 15 heavy (non-hydrogen) atoms. The molecule has 2 N–H and O–H groups in total. The van der Waals surface area contributed by atoms with Crippen molar-refractivity contribution in [3.8, 4) is 5.88 Å². The van der Waals surface area contributed by atoms with E-state index in [4.69, 9.17) is 4.74 Å². The lowest BCUT2D eigenvalue weighted by Gasteiger charge is -2.12. The third-order valence-corrected chi connectivity index (χ3v) is 2.43. The van der Waals surface area contributed by atoms with Crippen LogP contribution in [0, 0.1) is 6.92 Å². The first kappa shape index (κ1) is 10.3. The molecule has 1 aromatic rings. The monoisotopic (exact) mass is 209 g/mol. The summed E-state index contributed by atoms with van der Waals surface area (Å²) in [6.45, 7) is 2.43. The average Bonchev–Trinajstić information content (AvgIpc) is 2.62. The minimum atomic E-state index is -0.384. The summed E-state index contributed by atoms with van der Waals surface area (Å²) in [5, 5.41) is 12.3. The van der Waals surface area contributed by atoms with Crippen molar-refractivity contribution in [1.29, 1.82) is 0 Å². The van der Waals surface area contributed by atoms with Gasteiger partial charge in [-0.2, -0.15) is 0 Å². The van der Waals surface area contributed by atoms with Crippen LogP contribution in [-0.4, -0.2) is 34.0 Å². The zero-order chi connectivity index (χ0) is 10.7. The third kappa shape index (κ3) is 2.87. The Labute approximate surface area is 88.5 Å². The highest BCUT2D eigenvalue weighted by molar-refractivity contribution is 5.11. The van der Waals surface area contributed by atoms with Crippen LogP contribution >= 0.6 is 0 Å². The SMILES string of the molecule is Cc1cc(OC[C@@H]2CCC(O)N2)ncn1. The molecular weight excluding hydrogens is 194 g/mol. The molecule has 1 aliphatic rings. The van der Waals surface area contributed by atoms with Crippen LogP contribution in [0.4, 0.5) is 0 Å². The van der Waals surface area contributed by atoms with Crippen molar-refractivity contribution < 1.29 is 9.84 Å². The number of nitrogens with zero attached hydrogens (tertiary/aromatic N) is 2. The number of hydrogen-bond acceptors (Lipinski definition) is 5. The third-order valence-electron chi connectivity index (χ3n) is 2.43. The first-order valence-corrected chi connectivity index (χ1v) is 5.09. The fourth-order valence-corrected chi connectivity index (χ4v) is 1.62. The van der Waals surface area contributed by atoms with Gasteiger partial charge in [0.25, 0.3) is 0 Å². The Morgan fingerprint density at radius 1 is 1.53 bits per heavy atom. The molecule has 1 saturated heterocycles. The topological polar surface area (TPSA) is 67.3 Å². The second-order valence-corrected chi connectivity index (χ2v) is 3.77. The van der Waals surface area contributed by atoms with E-state index < -0.39 is 0 Å². The van der Waals surface area contributed by atoms with Crippen LogP contribution in [0.25, 0.3) is 0 Å². The summed E-state index contributed by atoms with van der Waals surface area (Å²) in [7, 11) is 0. The van der Waals surface area contributed by atoms with Gasteiger partial charge in [0.1, 0.15) is 19.2 Å². The Morgan fingerprint density at radius 2 is 2.40 bits per heavy atom. The largest absolute Gasteiger partial charge is 0.476 e. The molecular formula is C10H15N3O2. The van der Waals surface area contributed by atoms with Crippen molar-refractivity contribution in [3.05, 3.63) is 18.1 Å². The van der Waals surface area contributed by atoms with Crippen LogP contribution in [-0.2, 0) is 0 Å². The number of hydrogen-bond donors (Lipinski definition) is 2. The predicted octanol–water partition coefficient (Wildman–Crippen LogP) is 0.234. The second-order valence-electron chi connectivity index (χ2n) is 3.77. The van der Waals surface area contributed by atoms with Crippen LogP contribution in [0.2, 0.25) is 0 Å². The standard InChI is InChI=1S/C10H15N3O2/c1-7-4-10(12-6-11-7)15-5-8-2-3-9(14)13-8/h4,6,8-9,13-14H,2-3,5H2,1H3/t8-,9?/m0/s1. The summed E-state index contributed by atoms with van der Waals surface area (Å²) in [6, 6.07) is 2.01. The molecule has 5 heteroatoms. The minimum absolute atomic E-state index is 0.218. The molecule has 0 radical (unpaired) electrons. The summed E-state index contributed by atoms with van der Waals surface area (Å²) in [4.78, 5) is 7.98. The fraction of sp³-hybridized carbons (Fsp3) is 0.600. The molecule has 0 aliphatic carbocycles. The number of rotatable bonds is 3. The van der Waals surface area contributed by atoms with Crippen molar-refractivity contribution >= 4 is 0 Å². The van der Waals surface area contributed by atoms with E-state index >= 15 is 0 Å². The molecule has 1 unspecified atom stereocenters. The lowest BCUT2D eigenvalue weighted by molar-refractivity contribution is 0.146. The number of aryl methyl sites for hydroxylation is 1. The van der Waals surface area contributed by atoms with Crippen molar-refractivity contribution in [1.82, 2.24) is 15.3 Å². The normalized spacial score (nSPS) is 25.5. The Morgan fingerprint density at radius 3 is 3.07 bits per heavy atom. The van der Waals surface area contributed by atoms with Crippen molar-refractivity contribution in [2.24, 2.45) is 0 Å². The van der Waals surface area contributed by atoms with Gasteiger partial charge in [-0.1, -0.05) is 0 Å². The molecule has 82 valence electrons. The summed E-state index contributed by atoms with van der Waals surface area (Å²) < 4.78 is 5.49. The summed E-state index contributed by atoms with van der Waals surface area (Å²) in [6.07, 6.45) is 2.83. The molecule has 1 fully saturated rings. The average molecular weight is 209 g/mol. The molecule has 5 nitrogen and oxygen atoms in total. The molecule has 0 aromatic carbocycles. The quantitative estimate of drug-likeness (QED) is 0.746. The van der Waals surface area contributed by atoms with Gasteiger partial charge in [-0.3, -0.25) is 5.32 Å². The highest BCUT2D eigenvalue weighted by atomic mass is 16.5. The minimum Gasteiger partial charge on any atom is -0.476 e. The number of aliphatic hydroxyl groups is 1. The van der Waals surface area contributed by atoms with Crippen LogP contribution in [0.3, 0.4) is 0 Å². The lowest BCUT2D eigenvalue weighted by atomic mass is 10.2. The van der Waals surface area contributed by atoms with Gasteiger partial charge in [0.15, 0.2) is 0 Å². The van der Waals surface area contributed by atoms with Crippen molar-refractivity contribution in [2.45, 2.75) is 32.0 Å². The first-order chi connectivity index (χ1) is 7.24. The van der Waals surface area contributed by atoms with Gasteiger partial charge in [0, 0.05) is 17.8 Å². The van der Waals surface area contributed by atoms with Gasteiger partial charge in [0.2, 0.25) is 5.88 Å². The second kappa shape index (κ2) is 4.55. The smallest absolute Gasteiger partial charge is 0.216 e. The van der Waals surface area contributed by atoms with Crippen LogP contribution in [0.1, 0.15) is 18.5 Å². The maximum absolute atomic E-state index is 9.25. The number of ether oxygens (including phenoxy) is 1. The van der Waals surface area contributed by atoms with E-state index in [1.54, 1.807) is 6.07 Å². The van der Waals surface area contributed by atoms with E-state index in [-0.39, 0.29) is 12.3 Å². The lowest BCUT2D eigenvalue weighted by Crippen LogP contribution is -2.33. The van der Waals surface area contributed by atoms with Crippen LogP contribution in [0.5, 0.6) is 5.88 Å². The maximum atomic E-state index is 9.25. The van der Waals surface area contributed by atoms with E-state index in [0.717, 1.165) is 18.5 Å². The van der Waals surface area contributed by atoms with Gasteiger partial charge in [0.05, 0.1) is 0 Å². The highest BCUT2D eigenvalue weighted by Gasteiger charge is 2.21. The van der Waals surface area contributed by atoms with Crippen LogP contribution < -0.4 is 10.1 Å². The van der Waals surface area contributed by atoms with E-state index in [0.29, 0.717) is 12.5 Å². The molecule has 2 heterocycles. The Kier molecular flexibility index (Phi) is 3.13. The zero-order valence-corrected chi connectivity index (χ0v) is 8.68. The molecule has 2 atom stereocenters. The van der Waals surface area contributed by atoms with E-state index in [9.17, 15) is 5.11 Å². The summed E-state index contributed by atoms with van der Waals surface area (Å²) in [5.41, 5.74) is 0.888. The zero-order valence-electron chi connectivity index (χ0n) is 8.68. The fourth-order valence-electron chi connectivity index (χ4n) is 1.62. The summed E-state index contributed by atoms with van der Waals surface area (Å²) >= 11 is 0. The number of aromatic nitrogens is 2. The van der Waals surface area contributed by atoms with E-state index in [1.807, 2.05) is 6.92 Å². The van der Waals surface area contributed by atoms with Crippen molar-refractivity contribution in [2.75, 3.05) is 6.61 Å². The molecule has 0 amide bonds. The predicted molar refractivity (Wildman–Crippen MR) is 54.4 cm³/mol. The van der Waals surface area contributed by atoms with Gasteiger partial charge < -0.3 is 9.84 Å².